The van der Waals surface area contributed by atoms with Crippen LogP contribution in [0.1, 0.15) is 39.4 Å². The Morgan fingerprint density at radius 1 is 1.24 bits per heavy atom. The van der Waals surface area contributed by atoms with Gasteiger partial charge in [0, 0.05) is 31.5 Å². The molecule has 2 aromatic rings. The van der Waals surface area contributed by atoms with E-state index in [-0.39, 0.29) is 17.2 Å². The Hall–Kier alpha value is -2.83. The minimum atomic E-state index is -0.569. The number of hydrogen-bond donors (Lipinski definition) is 2. The summed E-state index contributed by atoms with van der Waals surface area (Å²) in [5.74, 6) is -0.943. The van der Waals surface area contributed by atoms with Crippen molar-refractivity contribution >= 4 is 17.6 Å². The fourth-order valence-electron chi connectivity index (χ4n) is 2.52. The molecule has 0 spiro atoms. The van der Waals surface area contributed by atoms with E-state index in [0.29, 0.717) is 12.2 Å². The molecular formula is C18H24N4O3. The second-order valence-corrected chi connectivity index (χ2v) is 5.78. The first-order valence-electron chi connectivity index (χ1n) is 8.22. The summed E-state index contributed by atoms with van der Waals surface area (Å²) in [5, 5.41) is 9.35. The third-order valence-electron chi connectivity index (χ3n) is 3.95. The summed E-state index contributed by atoms with van der Waals surface area (Å²) < 4.78 is 4.69. The zero-order valence-corrected chi connectivity index (χ0v) is 14.8. The molecule has 1 aromatic carbocycles. The van der Waals surface area contributed by atoms with Crippen molar-refractivity contribution < 1.29 is 14.3 Å². The lowest BCUT2D eigenvalue weighted by Gasteiger charge is -2.19. The van der Waals surface area contributed by atoms with Gasteiger partial charge in [-0.25, -0.2) is 4.79 Å². The van der Waals surface area contributed by atoms with Gasteiger partial charge in [-0.1, -0.05) is 18.2 Å². The predicted octanol–water partition coefficient (Wildman–Crippen LogP) is 2.15. The number of anilines is 1. The topological polar surface area (TPSA) is 87.3 Å². The molecule has 7 nitrogen and oxygen atoms in total. The summed E-state index contributed by atoms with van der Waals surface area (Å²) in [5.41, 5.74) is 1.94. The number of amides is 1. The van der Waals surface area contributed by atoms with Crippen LogP contribution in [0.5, 0.6) is 0 Å². The molecule has 0 bridgehead atoms. The van der Waals surface area contributed by atoms with E-state index < -0.39 is 5.97 Å². The number of H-pyrrole nitrogens is 1. The number of benzene rings is 1. The average Bonchev–Trinajstić information content (AvgIpc) is 3.02. The van der Waals surface area contributed by atoms with Gasteiger partial charge in [0.25, 0.3) is 5.91 Å². The van der Waals surface area contributed by atoms with Crippen molar-refractivity contribution in [1.29, 1.82) is 0 Å². The van der Waals surface area contributed by atoms with Crippen LogP contribution in [-0.2, 0) is 4.74 Å². The number of unbranched alkanes of at least 4 members (excludes halogenated alkanes) is 1. The SMILES string of the molecule is COC(=O)c1c(C(=O)NCCCCN(C)c2ccccc2)n[nH]c1C. The van der Waals surface area contributed by atoms with Gasteiger partial charge in [0.1, 0.15) is 5.56 Å². The summed E-state index contributed by atoms with van der Waals surface area (Å²) in [6, 6.07) is 10.1. The average molecular weight is 344 g/mol. The molecule has 1 amide bonds. The summed E-state index contributed by atoms with van der Waals surface area (Å²) in [7, 11) is 3.32. The summed E-state index contributed by atoms with van der Waals surface area (Å²) in [6.45, 7) is 3.10. The zero-order valence-electron chi connectivity index (χ0n) is 14.8. The fraction of sp³-hybridized carbons (Fsp3) is 0.389. The van der Waals surface area contributed by atoms with Gasteiger partial charge in [-0.2, -0.15) is 5.10 Å². The molecule has 1 heterocycles. The fourth-order valence-corrected chi connectivity index (χ4v) is 2.52. The van der Waals surface area contributed by atoms with Gasteiger partial charge in [0.15, 0.2) is 5.69 Å². The maximum atomic E-state index is 12.2. The van der Waals surface area contributed by atoms with Crippen LogP contribution < -0.4 is 10.2 Å². The van der Waals surface area contributed by atoms with Crippen molar-refractivity contribution in [2.75, 3.05) is 32.1 Å². The molecule has 25 heavy (non-hydrogen) atoms. The normalized spacial score (nSPS) is 10.4. The molecule has 2 rings (SSSR count). The first-order valence-corrected chi connectivity index (χ1v) is 8.22. The smallest absolute Gasteiger partial charge is 0.342 e. The summed E-state index contributed by atoms with van der Waals surface area (Å²) >= 11 is 0. The second kappa shape index (κ2) is 8.86. The van der Waals surface area contributed by atoms with Crippen LogP contribution in [0.15, 0.2) is 30.3 Å². The second-order valence-electron chi connectivity index (χ2n) is 5.78. The van der Waals surface area contributed by atoms with Crippen LogP contribution in [0.4, 0.5) is 5.69 Å². The zero-order chi connectivity index (χ0) is 18.2. The Balaban J connectivity index is 1.77. The number of carbonyl (C=O) groups excluding carboxylic acids is 2. The molecule has 2 N–H and O–H groups in total. The van der Waals surface area contributed by atoms with E-state index in [0.717, 1.165) is 19.4 Å². The maximum Gasteiger partial charge on any atom is 0.342 e. The first kappa shape index (κ1) is 18.5. The molecule has 1 aromatic heterocycles. The van der Waals surface area contributed by atoms with E-state index in [9.17, 15) is 9.59 Å². The van der Waals surface area contributed by atoms with Gasteiger partial charge in [-0.15, -0.1) is 0 Å². The molecule has 0 aliphatic rings. The molecule has 0 saturated carbocycles. The first-order chi connectivity index (χ1) is 12.0. The Morgan fingerprint density at radius 3 is 2.64 bits per heavy atom. The van der Waals surface area contributed by atoms with E-state index in [1.165, 1.54) is 12.8 Å². The molecular weight excluding hydrogens is 320 g/mol. The Bertz CT molecular complexity index is 712. The highest BCUT2D eigenvalue weighted by Crippen LogP contribution is 2.13. The number of methoxy groups -OCH3 is 1. The van der Waals surface area contributed by atoms with E-state index in [1.54, 1.807) is 6.92 Å². The molecule has 0 atom stereocenters. The van der Waals surface area contributed by atoms with Crippen LogP contribution in [0.3, 0.4) is 0 Å². The number of aromatic amines is 1. The molecule has 0 unspecified atom stereocenters. The monoisotopic (exact) mass is 344 g/mol. The Labute approximate surface area is 147 Å². The highest BCUT2D eigenvalue weighted by molar-refractivity contribution is 6.04. The van der Waals surface area contributed by atoms with Gasteiger partial charge in [0.2, 0.25) is 0 Å². The van der Waals surface area contributed by atoms with Crippen LogP contribution in [0.2, 0.25) is 0 Å². The van der Waals surface area contributed by atoms with Crippen LogP contribution in [-0.4, -0.2) is 49.3 Å². The predicted molar refractivity (Wildman–Crippen MR) is 95.9 cm³/mol. The Morgan fingerprint density at radius 2 is 1.96 bits per heavy atom. The number of carbonyl (C=O) groups is 2. The van der Waals surface area contributed by atoms with E-state index in [1.807, 2.05) is 25.2 Å². The lowest BCUT2D eigenvalue weighted by atomic mass is 10.2. The van der Waals surface area contributed by atoms with Gasteiger partial charge in [-0.3, -0.25) is 9.89 Å². The minimum absolute atomic E-state index is 0.0748. The number of rotatable bonds is 8. The summed E-state index contributed by atoms with van der Waals surface area (Å²) in [6.07, 6.45) is 1.77. The van der Waals surface area contributed by atoms with Gasteiger partial charge in [-0.05, 0) is 31.9 Å². The van der Waals surface area contributed by atoms with Crippen molar-refractivity contribution in [3.63, 3.8) is 0 Å². The number of para-hydroxylation sites is 1. The van der Waals surface area contributed by atoms with E-state index in [2.05, 4.69) is 32.5 Å². The maximum absolute atomic E-state index is 12.2. The number of hydrogen-bond acceptors (Lipinski definition) is 5. The van der Waals surface area contributed by atoms with Gasteiger partial charge >= 0.3 is 5.97 Å². The van der Waals surface area contributed by atoms with Crippen LogP contribution in [0, 0.1) is 6.92 Å². The minimum Gasteiger partial charge on any atom is -0.465 e. The van der Waals surface area contributed by atoms with Crippen molar-refractivity contribution in [3.05, 3.63) is 47.3 Å². The number of esters is 1. The van der Waals surface area contributed by atoms with E-state index in [4.69, 9.17) is 4.74 Å². The number of aryl methyl sites for hydroxylation is 1. The molecule has 0 fully saturated rings. The van der Waals surface area contributed by atoms with Gasteiger partial charge < -0.3 is 15.0 Å². The molecule has 0 saturated heterocycles. The lowest BCUT2D eigenvalue weighted by molar-refractivity contribution is 0.0595. The standard InChI is InChI=1S/C18H24N4O3/c1-13-15(18(24)25-3)16(21-20-13)17(23)19-11-7-8-12-22(2)14-9-5-4-6-10-14/h4-6,9-10H,7-8,11-12H2,1-3H3,(H,19,23)(H,20,21). The highest BCUT2D eigenvalue weighted by atomic mass is 16.5. The molecule has 0 aliphatic heterocycles. The molecule has 0 radical (unpaired) electrons. The quantitative estimate of drug-likeness (QED) is 0.566. The number of aromatic nitrogens is 2. The molecule has 0 aliphatic carbocycles. The third-order valence-corrected chi connectivity index (χ3v) is 3.95. The van der Waals surface area contributed by atoms with Crippen molar-refractivity contribution in [2.24, 2.45) is 0 Å². The molecule has 134 valence electrons. The largest absolute Gasteiger partial charge is 0.465 e. The van der Waals surface area contributed by atoms with Crippen LogP contribution >= 0.6 is 0 Å². The number of nitrogens with zero attached hydrogens (tertiary/aromatic N) is 2. The van der Waals surface area contributed by atoms with Crippen LogP contribution in [0.25, 0.3) is 0 Å². The van der Waals surface area contributed by atoms with Crippen molar-refractivity contribution in [1.82, 2.24) is 15.5 Å². The highest BCUT2D eigenvalue weighted by Gasteiger charge is 2.23. The van der Waals surface area contributed by atoms with Gasteiger partial charge in [0.05, 0.1) is 7.11 Å². The lowest BCUT2D eigenvalue weighted by Crippen LogP contribution is -2.27. The number of nitrogens with one attached hydrogen (secondary N) is 2. The number of ether oxygens (including phenoxy) is 1. The summed E-state index contributed by atoms with van der Waals surface area (Å²) in [4.78, 5) is 26.1. The van der Waals surface area contributed by atoms with E-state index >= 15 is 0 Å². The third kappa shape index (κ3) is 4.82. The molecule has 7 heteroatoms. The van der Waals surface area contributed by atoms with Crippen molar-refractivity contribution in [3.8, 4) is 0 Å². The Kier molecular flexibility index (Phi) is 6.56. The van der Waals surface area contributed by atoms with Crippen molar-refractivity contribution in [2.45, 2.75) is 19.8 Å².